The highest BCUT2D eigenvalue weighted by molar-refractivity contribution is 5.28. The summed E-state index contributed by atoms with van der Waals surface area (Å²) in [5.74, 6) is 2.39. The van der Waals surface area contributed by atoms with Gasteiger partial charge in [-0.3, -0.25) is 0 Å². The molecule has 0 aliphatic carbocycles. The number of aliphatic hydroxyl groups excluding tert-OH is 1. The van der Waals surface area contributed by atoms with Crippen LogP contribution in [0, 0.1) is 6.92 Å². The van der Waals surface area contributed by atoms with Crippen LogP contribution in [-0.4, -0.2) is 19.9 Å². The molecule has 1 unspecified atom stereocenters. The Kier molecular flexibility index (Phi) is 3.62. The predicted octanol–water partition coefficient (Wildman–Crippen LogP) is 1.76. The van der Waals surface area contributed by atoms with Gasteiger partial charge in [0.2, 0.25) is 0 Å². The van der Waals surface area contributed by atoms with E-state index in [1.165, 1.54) is 0 Å². The monoisotopic (exact) mass is 247 g/mol. The van der Waals surface area contributed by atoms with Crippen LogP contribution in [0.1, 0.15) is 30.2 Å². The molecule has 5 nitrogen and oxygen atoms in total. The molecule has 96 valence electrons. The Morgan fingerprint density at radius 1 is 1.28 bits per heavy atom. The molecule has 18 heavy (non-hydrogen) atoms. The number of aryl methyl sites for hydroxylation is 1. The van der Waals surface area contributed by atoms with Gasteiger partial charge in [0.25, 0.3) is 0 Å². The number of hydrogen-bond acceptors (Lipinski definition) is 4. The first kappa shape index (κ1) is 12.6. The van der Waals surface area contributed by atoms with E-state index in [0.29, 0.717) is 6.61 Å². The van der Waals surface area contributed by atoms with Crippen molar-refractivity contribution in [1.29, 1.82) is 0 Å². The molecule has 1 aromatic heterocycles. The molecule has 0 aliphatic rings. The lowest BCUT2D eigenvalue weighted by Gasteiger charge is -2.08. The van der Waals surface area contributed by atoms with Crippen LogP contribution < -0.4 is 4.74 Å². The average molecular weight is 247 g/mol. The highest BCUT2D eigenvalue weighted by Crippen LogP contribution is 2.18. The van der Waals surface area contributed by atoms with Crippen molar-refractivity contribution in [1.82, 2.24) is 14.8 Å². The van der Waals surface area contributed by atoms with Gasteiger partial charge >= 0.3 is 0 Å². The number of hydrogen-bond donors (Lipinski definition) is 1. The first-order valence-corrected chi connectivity index (χ1v) is 5.83. The Balaban J connectivity index is 2.00. The minimum Gasteiger partial charge on any atom is -0.486 e. The Bertz CT molecular complexity index is 518. The molecule has 0 spiro atoms. The molecule has 0 amide bonds. The average Bonchev–Trinajstić information content (AvgIpc) is 2.68. The van der Waals surface area contributed by atoms with Crippen molar-refractivity contribution in [3.05, 3.63) is 41.5 Å². The first-order valence-electron chi connectivity index (χ1n) is 5.83. The van der Waals surface area contributed by atoms with Crippen molar-refractivity contribution < 1.29 is 9.84 Å². The number of nitrogens with zero attached hydrogens (tertiary/aromatic N) is 3. The molecule has 1 aromatic carbocycles. The largest absolute Gasteiger partial charge is 0.486 e. The zero-order valence-electron chi connectivity index (χ0n) is 10.8. The molecular weight excluding hydrogens is 230 g/mol. The Morgan fingerprint density at radius 2 is 1.94 bits per heavy atom. The summed E-state index contributed by atoms with van der Waals surface area (Å²) in [7, 11) is 1.91. The summed E-state index contributed by atoms with van der Waals surface area (Å²) in [6.07, 6.45) is -0.458. The SMILES string of the molecule is Cc1nnc(COc2ccc(C(C)O)cc2)n1C. The molecule has 0 fully saturated rings. The van der Waals surface area contributed by atoms with Crippen molar-refractivity contribution in [3.8, 4) is 5.75 Å². The van der Waals surface area contributed by atoms with Crippen molar-refractivity contribution >= 4 is 0 Å². The predicted molar refractivity (Wildman–Crippen MR) is 67.1 cm³/mol. The summed E-state index contributed by atoms with van der Waals surface area (Å²) >= 11 is 0. The fourth-order valence-electron chi connectivity index (χ4n) is 1.57. The molecule has 5 heteroatoms. The normalized spacial score (nSPS) is 12.4. The molecule has 0 saturated heterocycles. The van der Waals surface area contributed by atoms with Crippen molar-refractivity contribution in [3.63, 3.8) is 0 Å². The highest BCUT2D eigenvalue weighted by atomic mass is 16.5. The van der Waals surface area contributed by atoms with Gasteiger partial charge in [-0.1, -0.05) is 12.1 Å². The minimum absolute atomic E-state index is 0.380. The fraction of sp³-hybridized carbons (Fsp3) is 0.385. The van der Waals surface area contributed by atoms with Gasteiger partial charge in [-0.25, -0.2) is 0 Å². The van der Waals surface area contributed by atoms with Crippen molar-refractivity contribution in [2.24, 2.45) is 7.05 Å². The molecule has 0 aliphatic heterocycles. The lowest BCUT2D eigenvalue weighted by molar-refractivity contribution is 0.199. The maximum Gasteiger partial charge on any atom is 0.170 e. The van der Waals surface area contributed by atoms with Gasteiger partial charge in [-0.05, 0) is 31.5 Å². The number of benzene rings is 1. The maximum atomic E-state index is 9.40. The lowest BCUT2D eigenvalue weighted by Crippen LogP contribution is -2.04. The van der Waals surface area contributed by atoms with Crippen molar-refractivity contribution in [2.75, 3.05) is 0 Å². The van der Waals surface area contributed by atoms with Crippen LogP contribution in [0.4, 0.5) is 0 Å². The van der Waals surface area contributed by atoms with E-state index in [1.807, 2.05) is 42.8 Å². The second-order valence-electron chi connectivity index (χ2n) is 4.26. The van der Waals surface area contributed by atoms with Gasteiger partial charge < -0.3 is 14.4 Å². The third-order valence-corrected chi connectivity index (χ3v) is 2.91. The topological polar surface area (TPSA) is 60.2 Å². The molecule has 2 rings (SSSR count). The van der Waals surface area contributed by atoms with Crippen LogP contribution in [0.25, 0.3) is 0 Å². The summed E-state index contributed by atoms with van der Waals surface area (Å²) < 4.78 is 7.51. The molecule has 0 saturated carbocycles. The van der Waals surface area contributed by atoms with Crippen molar-refractivity contribution in [2.45, 2.75) is 26.6 Å². The highest BCUT2D eigenvalue weighted by Gasteiger charge is 2.06. The van der Waals surface area contributed by atoms with E-state index in [1.54, 1.807) is 6.92 Å². The Morgan fingerprint density at radius 3 is 2.44 bits per heavy atom. The molecule has 2 aromatic rings. The zero-order valence-corrected chi connectivity index (χ0v) is 10.8. The molecular formula is C13H17N3O2. The quantitative estimate of drug-likeness (QED) is 0.894. The summed E-state index contributed by atoms with van der Waals surface area (Å²) in [6, 6.07) is 7.38. The fourth-order valence-corrected chi connectivity index (χ4v) is 1.57. The maximum absolute atomic E-state index is 9.40. The van der Waals surface area contributed by atoms with E-state index in [2.05, 4.69) is 10.2 Å². The Hall–Kier alpha value is -1.88. The number of ether oxygens (including phenoxy) is 1. The third-order valence-electron chi connectivity index (χ3n) is 2.91. The van der Waals surface area contributed by atoms with E-state index < -0.39 is 6.10 Å². The summed E-state index contributed by atoms with van der Waals surface area (Å²) in [5.41, 5.74) is 0.872. The second-order valence-corrected chi connectivity index (χ2v) is 4.26. The number of rotatable bonds is 4. The zero-order chi connectivity index (χ0) is 13.1. The van der Waals surface area contributed by atoms with Crippen LogP contribution >= 0.6 is 0 Å². The Labute approximate surface area is 106 Å². The van der Waals surface area contributed by atoms with E-state index in [4.69, 9.17) is 4.74 Å². The van der Waals surface area contributed by atoms with Gasteiger partial charge in [0.05, 0.1) is 6.10 Å². The summed E-state index contributed by atoms with van der Waals surface area (Å²) in [5, 5.41) is 17.4. The minimum atomic E-state index is -0.458. The standard InChI is InChI=1S/C13H17N3O2/c1-9(17)11-4-6-12(7-5-11)18-8-13-15-14-10(2)16(13)3/h4-7,9,17H,8H2,1-3H3. The van der Waals surface area contributed by atoms with E-state index >= 15 is 0 Å². The van der Waals surface area contributed by atoms with Gasteiger partial charge in [-0.15, -0.1) is 10.2 Å². The summed E-state index contributed by atoms with van der Waals surface area (Å²) in [4.78, 5) is 0. The molecule has 0 bridgehead atoms. The van der Waals surface area contributed by atoms with E-state index in [9.17, 15) is 5.11 Å². The molecule has 0 radical (unpaired) electrons. The third kappa shape index (κ3) is 2.68. The first-order chi connectivity index (χ1) is 8.58. The van der Waals surface area contributed by atoms with Crippen LogP contribution in [0.5, 0.6) is 5.75 Å². The van der Waals surface area contributed by atoms with Gasteiger partial charge in [0.1, 0.15) is 18.2 Å². The molecule has 1 heterocycles. The van der Waals surface area contributed by atoms with Gasteiger partial charge in [0.15, 0.2) is 5.82 Å². The van der Waals surface area contributed by atoms with E-state index in [-0.39, 0.29) is 0 Å². The van der Waals surface area contributed by atoms with Crippen LogP contribution in [-0.2, 0) is 13.7 Å². The van der Waals surface area contributed by atoms with Gasteiger partial charge in [-0.2, -0.15) is 0 Å². The van der Waals surface area contributed by atoms with Gasteiger partial charge in [0, 0.05) is 7.05 Å². The summed E-state index contributed by atoms with van der Waals surface area (Å²) in [6.45, 7) is 4.01. The second kappa shape index (κ2) is 5.18. The number of aromatic nitrogens is 3. The lowest BCUT2D eigenvalue weighted by atomic mass is 10.1. The molecule has 1 atom stereocenters. The smallest absolute Gasteiger partial charge is 0.170 e. The van der Waals surface area contributed by atoms with Crippen LogP contribution in [0.2, 0.25) is 0 Å². The number of aliphatic hydroxyl groups is 1. The molecule has 1 N–H and O–H groups in total. The van der Waals surface area contributed by atoms with Crippen LogP contribution in [0.15, 0.2) is 24.3 Å². The van der Waals surface area contributed by atoms with Crippen LogP contribution in [0.3, 0.4) is 0 Å². The van der Waals surface area contributed by atoms with E-state index in [0.717, 1.165) is 23.0 Å².